The Morgan fingerprint density at radius 2 is 1.95 bits per heavy atom. The highest BCUT2D eigenvalue weighted by Crippen LogP contribution is 2.25. The normalized spacial score (nSPS) is 25.0. The number of carbonyl (C=O) groups is 1. The Morgan fingerprint density at radius 1 is 1.30 bits per heavy atom. The average Bonchev–Trinajstić information content (AvgIpc) is 2.63. The molecule has 0 radical (unpaired) electrons. The molecular formula is C16H32N2O2. The van der Waals surface area contributed by atoms with Gasteiger partial charge in [-0.3, -0.25) is 10.1 Å². The van der Waals surface area contributed by atoms with Crippen molar-refractivity contribution in [2.24, 2.45) is 11.8 Å². The van der Waals surface area contributed by atoms with Gasteiger partial charge in [0.2, 0.25) is 5.91 Å². The van der Waals surface area contributed by atoms with Crippen LogP contribution in [-0.4, -0.2) is 42.8 Å². The maximum atomic E-state index is 12.7. The number of rotatable bonds is 8. The van der Waals surface area contributed by atoms with Crippen molar-refractivity contribution in [3.8, 4) is 0 Å². The van der Waals surface area contributed by atoms with Crippen molar-refractivity contribution in [3.63, 3.8) is 0 Å². The monoisotopic (exact) mass is 284 g/mol. The molecule has 118 valence electrons. The van der Waals surface area contributed by atoms with Crippen molar-refractivity contribution in [3.05, 3.63) is 0 Å². The van der Waals surface area contributed by atoms with Gasteiger partial charge in [0.05, 0.1) is 24.9 Å². The molecule has 4 heteroatoms. The summed E-state index contributed by atoms with van der Waals surface area (Å²) in [6, 6.07) is 0.146. The lowest BCUT2D eigenvalue weighted by Gasteiger charge is -2.35. The first-order chi connectivity index (χ1) is 9.42. The first-order valence-corrected chi connectivity index (χ1v) is 7.99. The molecule has 1 N–H and O–H groups in total. The van der Waals surface area contributed by atoms with Crippen molar-refractivity contribution >= 4 is 5.91 Å². The molecule has 1 aliphatic rings. The zero-order valence-electron chi connectivity index (χ0n) is 14.0. The van der Waals surface area contributed by atoms with Crippen LogP contribution in [0.4, 0.5) is 0 Å². The van der Waals surface area contributed by atoms with E-state index >= 15 is 0 Å². The Morgan fingerprint density at radius 3 is 2.40 bits per heavy atom. The molecule has 1 amide bonds. The average molecular weight is 284 g/mol. The third-order valence-corrected chi connectivity index (χ3v) is 4.02. The van der Waals surface area contributed by atoms with Crippen molar-refractivity contribution in [1.29, 1.82) is 0 Å². The molecule has 1 rings (SSSR count). The van der Waals surface area contributed by atoms with Crippen molar-refractivity contribution in [1.82, 2.24) is 10.2 Å². The van der Waals surface area contributed by atoms with E-state index in [0.29, 0.717) is 18.4 Å². The molecule has 0 spiro atoms. The van der Waals surface area contributed by atoms with E-state index in [1.54, 1.807) is 7.11 Å². The van der Waals surface area contributed by atoms with Crippen LogP contribution in [0.15, 0.2) is 0 Å². The minimum Gasteiger partial charge on any atom is -0.383 e. The van der Waals surface area contributed by atoms with Gasteiger partial charge in [-0.2, -0.15) is 0 Å². The highest BCUT2D eigenvalue weighted by atomic mass is 16.5. The Balaban J connectivity index is 2.92. The van der Waals surface area contributed by atoms with Crippen LogP contribution in [0.25, 0.3) is 0 Å². The second-order valence-electron chi connectivity index (χ2n) is 6.67. The first kappa shape index (κ1) is 17.4. The second kappa shape index (κ2) is 7.99. The Labute approximate surface area is 124 Å². The van der Waals surface area contributed by atoms with E-state index in [0.717, 1.165) is 19.3 Å². The zero-order valence-corrected chi connectivity index (χ0v) is 14.0. The van der Waals surface area contributed by atoms with Gasteiger partial charge >= 0.3 is 0 Å². The standard InChI is InChI=1S/C16H32N2O2/c1-7-8-13-16(19)18(14(10-20-6)12(4)5)15(17-13)9-11(2)3/h11-15,17H,7-10H2,1-6H3. The summed E-state index contributed by atoms with van der Waals surface area (Å²) >= 11 is 0. The molecule has 1 saturated heterocycles. The molecule has 1 aliphatic heterocycles. The lowest BCUT2D eigenvalue weighted by Crippen LogP contribution is -2.49. The Bertz CT molecular complexity index is 305. The number of nitrogens with one attached hydrogen (secondary N) is 1. The molecule has 3 atom stereocenters. The molecule has 3 unspecified atom stereocenters. The second-order valence-corrected chi connectivity index (χ2v) is 6.67. The maximum Gasteiger partial charge on any atom is 0.241 e. The van der Waals surface area contributed by atoms with E-state index in [1.165, 1.54) is 0 Å². The highest BCUT2D eigenvalue weighted by molar-refractivity contribution is 5.84. The van der Waals surface area contributed by atoms with Crippen LogP contribution in [0.1, 0.15) is 53.9 Å². The van der Waals surface area contributed by atoms with Crippen LogP contribution in [0, 0.1) is 11.8 Å². The molecule has 0 saturated carbocycles. The highest BCUT2D eigenvalue weighted by Gasteiger charge is 2.42. The number of hydrogen-bond donors (Lipinski definition) is 1. The molecule has 4 nitrogen and oxygen atoms in total. The summed E-state index contributed by atoms with van der Waals surface area (Å²) in [5, 5.41) is 3.54. The van der Waals surface area contributed by atoms with Gasteiger partial charge in [0, 0.05) is 7.11 Å². The summed E-state index contributed by atoms with van der Waals surface area (Å²) in [6.07, 6.45) is 3.10. The topological polar surface area (TPSA) is 41.6 Å². The number of hydrogen-bond acceptors (Lipinski definition) is 3. The fourth-order valence-corrected chi connectivity index (χ4v) is 3.00. The lowest BCUT2D eigenvalue weighted by molar-refractivity contribution is -0.135. The molecule has 0 bridgehead atoms. The van der Waals surface area contributed by atoms with E-state index < -0.39 is 0 Å². The van der Waals surface area contributed by atoms with E-state index in [-0.39, 0.29) is 24.2 Å². The van der Waals surface area contributed by atoms with Gasteiger partial charge in [0.1, 0.15) is 0 Å². The van der Waals surface area contributed by atoms with Gasteiger partial charge in [-0.15, -0.1) is 0 Å². The van der Waals surface area contributed by atoms with Crippen molar-refractivity contribution < 1.29 is 9.53 Å². The van der Waals surface area contributed by atoms with Crippen LogP contribution in [0.3, 0.4) is 0 Å². The summed E-state index contributed by atoms with van der Waals surface area (Å²) in [5.74, 6) is 1.22. The van der Waals surface area contributed by atoms with E-state index in [1.807, 2.05) is 0 Å². The van der Waals surface area contributed by atoms with Crippen molar-refractivity contribution in [2.75, 3.05) is 13.7 Å². The number of nitrogens with zero attached hydrogens (tertiary/aromatic N) is 1. The Hall–Kier alpha value is -0.610. The molecule has 1 fully saturated rings. The molecule has 1 heterocycles. The number of amides is 1. The largest absolute Gasteiger partial charge is 0.383 e. The van der Waals surface area contributed by atoms with E-state index in [4.69, 9.17) is 4.74 Å². The van der Waals surface area contributed by atoms with Crippen molar-refractivity contribution in [2.45, 2.75) is 72.1 Å². The summed E-state index contributed by atoms with van der Waals surface area (Å²) in [7, 11) is 1.71. The molecule has 0 aromatic carbocycles. The number of carbonyl (C=O) groups excluding carboxylic acids is 1. The number of methoxy groups -OCH3 is 1. The van der Waals surface area contributed by atoms with Crippen LogP contribution in [-0.2, 0) is 9.53 Å². The molecular weight excluding hydrogens is 252 g/mol. The molecule has 0 aromatic heterocycles. The SMILES string of the molecule is CCCC1NC(CC(C)C)N(C(COC)C(C)C)C1=O. The smallest absolute Gasteiger partial charge is 0.241 e. The van der Waals surface area contributed by atoms with Crippen LogP contribution < -0.4 is 5.32 Å². The summed E-state index contributed by atoms with van der Waals surface area (Å²) in [6.45, 7) is 11.5. The number of ether oxygens (including phenoxy) is 1. The first-order valence-electron chi connectivity index (χ1n) is 7.99. The van der Waals surface area contributed by atoms with Crippen LogP contribution in [0.5, 0.6) is 0 Å². The summed E-state index contributed by atoms with van der Waals surface area (Å²) in [4.78, 5) is 14.8. The third-order valence-electron chi connectivity index (χ3n) is 4.02. The minimum absolute atomic E-state index is 0.0122. The molecule has 20 heavy (non-hydrogen) atoms. The summed E-state index contributed by atoms with van der Waals surface area (Å²) in [5.41, 5.74) is 0. The lowest BCUT2D eigenvalue weighted by atomic mass is 10.0. The minimum atomic E-state index is -0.0122. The molecule has 0 aromatic rings. The predicted molar refractivity (Wildman–Crippen MR) is 82.4 cm³/mol. The van der Waals surface area contributed by atoms with Gasteiger partial charge in [0.25, 0.3) is 0 Å². The van der Waals surface area contributed by atoms with Gasteiger partial charge < -0.3 is 9.64 Å². The quantitative estimate of drug-likeness (QED) is 0.745. The zero-order chi connectivity index (χ0) is 15.3. The maximum absolute atomic E-state index is 12.7. The Kier molecular flexibility index (Phi) is 6.96. The van der Waals surface area contributed by atoms with E-state index in [9.17, 15) is 4.79 Å². The van der Waals surface area contributed by atoms with E-state index in [2.05, 4.69) is 44.8 Å². The van der Waals surface area contributed by atoms with Gasteiger partial charge in [0.15, 0.2) is 0 Å². The summed E-state index contributed by atoms with van der Waals surface area (Å²) < 4.78 is 5.35. The van der Waals surface area contributed by atoms with Gasteiger partial charge in [-0.25, -0.2) is 0 Å². The predicted octanol–water partition coefficient (Wildman–Crippen LogP) is 2.63. The molecule has 0 aliphatic carbocycles. The van der Waals surface area contributed by atoms with Gasteiger partial charge in [-0.1, -0.05) is 41.0 Å². The van der Waals surface area contributed by atoms with Crippen LogP contribution in [0.2, 0.25) is 0 Å². The van der Waals surface area contributed by atoms with Crippen LogP contribution >= 0.6 is 0 Å². The van der Waals surface area contributed by atoms with Gasteiger partial charge in [-0.05, 0) is 24.7 Å². The fourth-order valence-electron chi connectivity index (χ4n) is 3.00. The fraction of sp³-hybridized carbons (Fsp3) is 0.938. The third kappa shape index (κ3) is 4.19.